The van der Waals surface area contributed by atoms with Gasteiger partial charge in [0.15, 0.2) is 0 Å². The van der Waals surface area contributed by atoms with Crippen molar-refractivity contribution in [2.75, 3.05) is 13.1 Å². The van der Waals surface area contributed by atoms with E-state index in [1.165, 1.54) is 24.4 Å². The molecule has 1 aliphatic heterocycles. The first-order chi connectivity index (χ1) is 16.4. The Kier molecular flexibility index (Phi) is 5.91. The molecule has 0 radical (unpaired) electrons. The van der Waals surface area contributed by atoms with Gasteiger partial charge in [0.25, 0.3) is 0 Å². The summed E-state index contributed by atoms with van der Waals surface area (Å²) < 4.78 is 45.5. The maximum Gasteiger partial charge on any atom is 0.425 e. The van der Waals surface area contributed by atoms with Crippen LogP contribution in [-0.4, -0.2) is 39.1 Å². The van der Waals surface area contributed by atoms with Gasteiger partial charge in [0.2, 0.25) is 5.60 Å². The van der Waals surface area contributed by atoms with Crippen molar-refractivity contribution in [1.29, 1.82) is 0 Å². The highest BCUT2D eigenvalue weighted by Crippen LogP contribution is 2.46. The topological polar surface area (TPSA) is 41.3 Å². The molecule has 1 saturated heterocycles. The molecule has 1 unspecified atom stereocenters. The van der Waals surface area contributed by atoms with Crippen molar-refractivity contribution in [2.45, 2.75) is 37.6 Å². The second-order valence-electron chi connectivity index (χ2n) is 8.87. The zero-order valence-corrected chi connectivity index (χ0v) is 18.7. The van der Waals surface area contributed by atoms with Crippen LogP contribution in [0.2, 0.25) is 0 Å². The lowest BCUT2D eigenvalue weighted by molar-refractivity contribution is -0.248. The summed E-state index contributed by atoms with van der Waals surface area (Å²) in [7, 11) is 0. The Labute approximate surface area is 196 Å². The minimum absolute atomic E-state index is 0.122. The smallest absolute Gasteiger partial charge is 0.372 e. The molecule has 0 amide bonds. The summed E-state index contributed by atoms with van der Waals surface area (Å²) in [5.41, 5.74) is -1.51. The van der Waals surface area contributed by atoms with Gasteiger partial charge in [-0.1, -0.05) is 55.0 Å². The molecule has 176 valence electrons. The summed E-state index contributed by atoms with van der Waals surface area (Å²) in [4.78, 5) is 2.16. The molecule has 0 saturated carbocycles. The normalized spacial score (nSPS) is 17.1. The maximum absolute atomic E-state index is 14.6. The standard InChI is InChI=1S/C27H26F3N3O/c28-27(29,30)26(34,24-12-6-5-9-20(24)19-32-15-7-2-8-16-32)22-13-14-25-21(17-22)18-31-33(25)23-10-3-1-4-11-23/h1,3-6,9-14,17-18,34H,2,7-8,15-16,19H2. The fraction of sp³-hybridized carbons (Fsp3) is 0.296. The minimum Gasteiger partial charge on any atom is -0.372 e. The van der Waals surface area contributed by atoms with E-state index in [-0.39, 0.29) is 11.1 Å². The van der Waals surface area contributed by atoms with Gasteiger partial charge in [-0.2, -0.15) is 18.3 Å². The molecule has 0 bridgehead atoms. The number of likely N-dealkylation sites (tertiary alicyclic amines) is 1. The molecule has 4 nitrogen and oxygen atoms in total. The van der Waals surface area contributed by atoms with Crippen LogP contribution in [0.15, 0.2) is 79.0 Å². The molecule has 1 atom stereocenters. The van der Waals surface area contributed by atoms with Crippen LogP contribution in [0.1, 0.15) is 36.0 Å². The van der Waals surface area contributed by atoms with Crippen molar-refractivity contribution in [3.05, 3.63) is 95.7 Å². The van der Waals surface area contributed by atoms with Crippen molar-refractivity contribution in [3.8, 4) is 5.69 Å². The van der Waals surface area contributed by atoms with E-state index in [0.29, 0.717) is 23.0 Å². The molecular formula is C27H26F3N3O. The molecule has 1 N–H and O–H groups in total. The first-order valence-corrected chi connectivity index (χ1v) is 11.5. The number of rotatable bonds is 5. The second-order valence-corrected chi connectivity index (χ2v) is 8.87. The predicted octanol–water partition coefficient (Wildman–Crippen LogP) is 5.81. The number of halogens is 3. The van der Waals surface area contributed by atoms with Crippen LogP contribution in [0.4, 0.5) is 13.2 Å². The zero-order chi connectivity index (χ0) is 23.8. The highest BCUT2D eigenvalue weighted by Gasteiger charge is 2.57. The van der Waals surface area contributed by atoms with Crippen LogP contribution in [-0.2, 0) is 12.1 Å². The summed E-state index contributed by atoms with van der Waals surface area (Å²) in [6.45, 7) is 2.08. The molecule has 4 aromatic rings. The van der Waals surface area contributed by atoms with Crippen LogP contribution in [0.5, 0.6) is 0 Å². The lowest BCUT2D eigenvalue weighted by atomic mass is 9.82. The van der Waals surface area contributed by atoms with Crippen LogP contribution < -0.4 is 0 Å². The van der Waals surface area contributed by atoms with E-state index in [0.717, 1.165) is 38.0 Å². The average molecular weight is 466 g/mol. The quantitative estimate of drug-likeness (QED) is 0.405. The second kappa shape index (κ2) is 8.89. The SMILES string of the molecule is OC(c1ccc2c(cnn2-c2ccccc2)c1)(c1ccccc1CN1CCCCC1)C(F)(F)F. The number of aromatic nitrogens is 2. The van der Waals surface area contributed by atoms with Gasteiger partial charge >= 0.3 is 6.18 Å². The Bertz CT molecular complexity index is 1280. The van der Waals surface area contributed by atoms with E-state index in [2.05, 4.69) is 10.00 Å². The van der Waals surface area contributed by atoms with E-state index >= 15 is 0 Å². The number of piperidine rings is 1. The van der Waals surface area contributed by atoms with Crippen LogP contribution in [0.25, 0.3) is 16.6 Å². The Morgan fingerprint density at radius 1 is 0.853 bits per heavy atom. The van der Waals surface area contributed by atoms with Gasteiger partial charge in [0, 0.05) is 17.5 Å². The van der Waals surface area contributed by atoms with Gasteiger partial charge < -0.3 is 5.11 Å². The molecular weight excluding hydrogens is 439 g/mol. The van der Waals surface area contributed by atoms with Gasteiger partial charge in [0.05, 0.1) is 17.4 Å². The molecule has 7 heteroatoms. The molecule has 1 aromatic heterocycles. The lowest BCUT2D eigenvalue weighted by Crippen LogP contribution is -2.44. The predicted molar refractivity (Wildman–Crippen MR) is 126 cm³/mol. The number of hydrogen-bond acceptors (Lipinski definition) is 3. The number of benzene rings is 3. The van der Waals surface area contributed by atoms with Crippen LogP contribution in [0, 0.1) is 0 Å². The summed E-state index contributed by atoms with van der Waals surface area (Å²) in [5, 5.41) is 16.3. The summed E-state index contributed by atoms with van der Waals surface area (Å²) in [5.74, 6) is 0. The Hall–Kier alpha value is -3.16. The number of hydrogen-bond donors (Lipinski definition) is 1. The fourth-order valence-corrected chi connectivity index (χ4v) is 4.87. The van der Waals surface area contributed by atoms with Crippen molar-refractivity contribution < 1.29 is 18.3 Å². The Morgan fingerprint density at radius 2 is 1.56 bits per heavy atom. The van der Waals surface area contributed by atoms with E-state index in [9.17, 15) is 18.3 Å². The third-order valence-corrected chi connectivity index (χ3v) is 6.65. The summed E-state index contributed by atoms with van der Waals surface area (Å²) in [6.07, 6.45) is -0.167. The van der Waals surface area contributed by atoms with E-state index in [1.54, 1.807) is 28.9 Å². The van der Waals surface area contributed by atoms with E-state index in [4.69, 9.17) is 0 Å². The number of aliphatic hydroxyl groups is 1. The third-order valence-electron chi connectivity index (χ3n) is 6.65. The van der Waals surface area contributed by atoms with Gasteiger partial charge in [-0.25, -0.2) is 4.68 Å². The molecule has 0 aliphatic carbocycles. The highest BCUT2D eigenvalue weighted by molar-refractivity contribution is 5.81. The Morgan fingerprint density at radius 3 is 2.29 bits per heavy atom. The lowest BCUT2D eigenvalue weighted by Gasteiger charge is -2.35. The molecule has 2 heterocycles. The van der Waals surface area contributed by atoms with Crippen molar-refractivity contribution >= 4 is 10.9 Å². The van der Waals surface area contributed by atoms with Crippen molar-refractivity contribution in [1.82, 2.24) is 14.7 Å². The summed E-state index contributed by atoms with van der Waals surface area (Å²) in [6, 6.07) is 20.1. The first-order valence-electron chi connectivity index (χ1n) is 11.5. The van der Waals surface area contributed by atoms with Crippen LogP contribution >= 0.6 is 0 Å². The Balaban J connectivity index is 1.60. The average Bonchev–Trinajstić information content (AvgIpc) is 3.28. The van der Waals surface area contributed by atoms with Gasteiger partial charge in [-0.05, 0) is 61.3 Å². The van der Waals surface area contributed by atoms with Gasteiger partial charge in [-0.15, -0.1) is 0 Å². The molecule has 1 aliphatic rings. The number of nitrogens with zero attached hydrogens (tertiary/aromatic N) is 3. The van der Waals surface area contributed by atoms with Crippen molar-refractivity contribution in [2.24, 2.45) is 0 Å². The van der Waals surface area contributed by atoms with Crippen molar-refractivity contribution in [3.63, 3.8) is 0 Å². The van der Waals surface area contributed by atoms with E-state index in [1.807, 2.05) is 30.3 Å². The monoisotopic (exact) mass is 465 g/mol. The first kappa shape index (κ1) is 22.6. The molecule has 3 aromatic carbocycles. The molecule has 34 heavy (non-hydrogen) atoms. The number of fused-ring (bicyclic) bond motifs is 1. The molecule has 0 spiro atoms. The largest absolute Gasteiger partial charge is 0.425 e. The third kappa shape index (κ3) is 3.99. The molecule has 5 rings (SSSR count). The van der Waals surface area contributed by atoms with E-state index < -0.39 is 11.8 Å². The summed E-state index contributed by atoms with van der Waals surface area (Å²) >= 11 is 0. The molecule has 1 fully saturated rings. The van der Waals surface area contributed by atoms with Crippen LogP contribution in [0.3, 0.4) is 0 Å². The number of para-hydroxylation sites is 1. The minimum atomic E-state index is -4.91. The number of alkyl halides is 3. The fourth-order valence-electron chi connectivity index (χ4n) is 4.87. The van der Waals surface area contributed by atoms with Gasteiger partial charge in [0.1, 0.15) is 0 Å². The maximum atomic E-state index is 14.6. The zero-order valence-electron chi connectivity index (χ0n) is 18.7. The van der Waals surface area contributed by atoms with Gasteiger partial charge in [-0.3, -0.25) is 4.90 Å². The highest BCUT2D eigenvalue weighted by atomic mass is 19.4.